The van der Waals surface area contributed by atoms with E-state index in [0.29, 0.717) is 5.92 Å². The monoisotopic (exact) mass is 183 g/mol. The molecule has 0 aliphatic carbocycles. The van der Waals surface area contributed by atoms with E-state index in [1.54, 1.807) is 0 Å². The van der Waals surface area contributed by atoms with Crippen molar-refractivity contribution in [2.24, 2.45) is 0 Å². The normalized spacial score (nSPS) is 17.5. The molecule has 3 heteroatoms. The fraction of sp³-hybridized carbons (Fsp3) is 0.444. The molecule has 0 unspecified atom stereocenters. The number of pyridine rings is 1. The molecule has 1 saturated heterocycles. The molecule has 1 aromatic heterocycles. The predicted octanol–water partition coefficient (Wildman–Crippen LogP) is 2.16. The third kappa shape index (κ3) is 1.32. The van der Waals surface area contributed by atoms with Gasteiger partial charge >= 0.3 is 0 Å². The number of rotatable bonds is 1. The third-order valence-corrected chi connectivity index (χ3v) is 2.54. The van der Waals surface area contributed by atoms with Crippen LogP contribution in [0.2, 0.25) is 5.02 Å². The molecule has 0 aromatic carbocycles. The highest BCUT2D eigenvalue weighted by Gasteiger charge is 2.21. The number of hydrogen-bond acceptors (Lipinski definition) is 2. The van der Waals surface area contributed by atoms with E-state index >= 15 is 0 Å². The smallest absolute Gasteiger partial charge is 0.0621 e. The Kier molecular flexibility index (Phi) is 2.03. The fourth-order valence-corrected chi connectivity index (χ4v) is 1.35. The van der Waals surface area contributed by atoms with Gasteiger partial charge in [0.1, 0.15) is 0 Å². The van der Waals surface area contributed by atoms with E-state index < -0.39 is 0 Å². The van der Waals surface area contributed by atoms with Gasteiger partial charge in [0.25, 0.3) is 0 Å². The maximum atomic E-state index is 5.94. The summed E-state index contributed by atoms with van der Waals surface area (Å²) in [5, 5.41) is 0.749. The lowest BCUT2D eigenvalue weighted by atomic mass is 9.99. The van der Waals surface area contributed by atoms with Gasteiger partial charge in [0.15, 0.2) is 0 Å². The molecule has 1 aliphatic rings. The zero-order valence-corrected chi connectivity index (χ0v) is 7.64. The summed E-state index contributed by atoms with van der Waals surface area (Å²) in [7, 11) is 0. The van der Waals surface area contributed by atoms with E-state index in [4.69, 9.17) is 16.3 Å². The number of nitrogens with zero attached hydrogens (tertiary/aromatic N) is 1. The number of halogens is 1. The molecule has 2 nitrogen and oxygen atoms in total. The minimum absolute atomic E-state index is 0.510. The Morgan fingerprint density at radius 1 is 1.58 bits per heavy atom. The molecule has 2 rings (SSSR count). The maximum absolute atomic E-state index is 5.94. The Bertz CT molecular complexity index is 297. The van der Waals surface area contributed by atoms with Gasteiger partial charge in [-0.1, -0.05) is 11.6 Å². The Morgan fingerprint density at radius 3 is 2.83 bits per heavy atom. The highest BCUT2D eigenvalue weighted by molar-refractivity contribution is 6.31. The summed E-state index contributed by atoms with van der Waals surface area (Å²) in [4.78, 5) is 4.19. The Hall–Kier alpha value is -0.600. The molecule has 0 saturated carbocycles. The van der Waals surface area contributed by atoms with E-state index in [1.165, 1.54) is 5.56 Å². The lowest BCUT2D eigenvalue weighted by Crippen LogP contribution is -2.25. The van der Waals surface area contributed by atoms with Crippen LogP contribution in [0.3, 0.4) is 0 Å². The van der Waals surface area contributed by atoms with Crippen LogP contribution in [0.5, 0.6) is 0 Å². The SMILES string of the molecule is Cc1ncc(C2COC2)cc1Cl. The first-order valence-electron chi connectivity index (χ1n) is 3.97. The lowest BCUT2D eigenvalue weighted by Gasteiger charge is -2.26. The van der Waals surface area contributed by atoms with Crippen molar-refractivity contribution in [1.82, 2.24) is 4.98 Å². The van der Waals surface area contributed by atoms with Crippen LogP contribution in [0.15, 0.2) is 12.3 Å². The lowest BCUT2D eigenvalue weighted by molar-refractivity contribution is 0.00828. The fourth-order valence-electron chi connectivity index (χ4n) is 1.17. The number of aromatic nitrogens is 1. The summed E-state index contributed by atoms with van der Waals surface area (Å²) in [6.45, 7) is 3.52. The Balaban J connectivity index is 2.27. The summed E-state index contributed by atoms with van der Waals surface area (Å²) in [5.41, 5.74) is 2.08. The third-order valence-electron chi connectivity index (χ3n) is 2.16. The van der Waals surface area contributed by atoms with Gasteiger partial charge in [0.2, 0.25) is 0 Å². The van der Waals surface area contributed by atoms with E-state index in [-0.39, 0.29) is 0 Å². The largest absolute Gasteiger partial charge is 0.380 e. The molecule has 64 valence electrons. The van der Waals surface area contributed by atoms with Crippen LogP contribution in [0.4, 0.5) is 0 Å². The van der Waals surface area contributed by atoms with Crippen LogP contribution in [0, 0.1) is 6.92 Å². The highest BCUT2D eigenvalue weighted by atomic mass is 35.5. The van der Waals surface area contributed by atoms with Crippen molar-refractivity contribution < 1.29 is 4.74 Å². The zero-order valence-electron chi connectivity index (χ0n) is 6.88. The van der Waals surface area contributed by atoms with Gasteiger partial charge in [-0.15, -0.1) is 0 Å². The molecule has 0 bridgehead atoms. The summed E-state index contributed by atoms with van der Waals surface area (Å²) >= 11 is 5.94. The minimum Gasteiger partial charge on any atom is -0.380 e. The number of aryl methyl sites for hydroxylation is 1. The van der Waals surface area contributed by atoms with Crippen molar-refractivity contribution in [1.29, 1.82) is 0 Å². The van der Waals surface area contributed by atoms with Gasteiger partial charge in [-0.3, -0.25) is 4.98 Å². The van der Waals surface area contributed by atoms with Crippen LogP contribution in [-0.4, -0.2) is 18.2 Å². The van der Waals surface area contributed by atoms with Gasteiger partial charge < -0.3 is 4.74 Å². The van der Waals surface area contributed by atoms with Crippen LogP contribution >= 0.6 is 11.6 Å². The van der Waals surface area contributed by atoms with E-state index in [2.05, 4.69) is 4.98 Å². The van der Waals surface area contributed by atoms with Gasteiger partial charge in [0, 0.05) is 12.1 Å². The topological polar surface area (TPSA) is 22.1 Å². The van der Waals surface area contributed by atoms with Crippen molar-refractivity contribution in [3.05, 3.63) is 28.5 Å². The van der Waals surface area contributed by atoms with E-state index in [0.717, 1.165) is 23.9 Å². The van der Waals surface area contributed by atoms with Crippen molar-refractivity contribution in [3.63, 3.8) is 0 Å². The van der Waals surface area contributed by atoms with Crippen LogP contribution < -0.4 is 0 Å². The van der Waals surface area contributed by atoms with Crippen molar-refractivity contribution in [3.8, 4) is 0 Å². The quantitative estimate of drug-likeness (QED) is 0.666. The second kappa shape index (κ2) is 3.04. The first-order chi connectivity index (χ1) is 5.77. The van der Waals surface area contributed by atoms with Crippen LogP contribution in [-0.2, 0) is 4.74 Å². The molecule has 0 atom stereocenters. The van der Waals surface area contributed by atoms with Crippen molar-refractivity contribution in [2.75, 3.05) is 13.2 Å². The molecule has 1 aromatic rings. The first-order valence-corrected chi connectivity index (χ1v) is 4.35. The molecule has 0 amide bonds. The first kappa shape index (κ1) is 8.02. The molecule has 12 heavy (non-hydrogen) atoms. The van der Waals surface area contributed by atoms with Gasteiger partial charge in [-0.2, -0.15) is 0 Å². The zero-order chi connectivity index (χ0) is 8.55. The second-order valence-corrected chi connectivity index (χ2v) is 3.48. The van der Waals surface area contributed by atoms with Gasteiger partial charge in [0.05, 0.1) is 23.9 Å². The van der Waals surface area contributed by atoms with Crippen LogP contribution in [0.1, 0.15) is 17.2 Å². The molecule has 0 spiro atoms. The summed E-state index contributed by atoms with van der Waals surface area (Å²) in [6.07, 6.45) is 1.88. The Labute approximate surface area is 76.5 Å². The average Bonchev–Trinajstić information content (AvgIpc) is 1.93. The summed E-state index contributed by atoms with van der Waals surface area (Å²) in [5.74, 6) is 0.510. The maximum Gasteiger partial charge on any atom is 0.0621 e. The molecule has 0 radical (unpaired) electrons. The molecule has 0 N–H and O–H groups in total. The van der Waals surface area contributed by atoms with Crippen molar-refractivity contribution in [2.45, 2.75) is 12.8 Å². The van der Waals surface area contributed by atoms with E-state index in [1.807, 2.05) is 19.2 Å². The van der Waals surface area contributed by atoms with Gasteiger partial charge in [-0.25, -0.2) is 0 Å². The molecule has 1 fully saturated rings. The minimum atomic E-state index is 0.510. The number of ether oxygens (including phenoxy) is 1. The number of hydrogen-bond donors (Lipinski definition) is 0. The predicted molar refractivity (Wildman–Crippen MR) is 47.5 cm³/mol. The summed E-state index contributed by atoms with van der Waals surface area (Å²) in [6, 6.07) is 1.98. The molecular formula is C9H10ClNO. The van der Waals surface area contributed by atoms with Crippen molar-refractivity contribution >= 4 is 11.6 Å². The highest BCUT2D eigenvalue weighted by Crippen LogP contribution is 2.26. The summed E-state index contributed by atoms with van der Waals surface area (Å²) < 4.78 is 5.09. The van der Waals surface area contributed by atoms with Crippen LogP contribution in [0.25, 0.3) is 0 Å². The van der Waals surface area contributed by atoms with E-state index in [9.17, 15) is 0 Å². The Morgan fingerprint density at radius 2 is 2.33 bits per heavy atom. The molecular weight excluding hydrogens is 174 g/mol. The molecule has 1 aliphatic heterocycles. The standard InChI is InChI=1S/C9H10ClNO/c1-6-9(10)2-7(3-11-6)8-4-12-5-8/h2-3,8H,4-5H2,1H3. The van der Waals surface area contributed by atoms with Gasteiger partial charge in [-0.05, 0) is 18.6 Å². The average molecular weight is 184 g/mol. The molecule has 2 heterocycles. The second-order valence-electron chi connectivity index (χ2n) is 3.07.